The first kappa shape index (κ1) is 9.93. The lowest BCUT2D eigenvalue weighted by molar-refractivity contribution is 0.276. The van der Waals surface area contributed by atoms with Gasteiger partial charge in [0.2, 0.25) is 0 Å². The second-order valence-corrected chi connectivity index (χ2v) is 3.49. The van der Waals surface area contributed by atoms with E-state index in [1.54, 1.807) is 0 Å². The molecule has 0 radical (unpaired) electrons. The number of rotatable bonds is 3. The van der Waals surface area contributed by atoms with Crippen LogP contribution in [0.4, 0.5) is 0 Å². The summed E-state index contributed by atoms with van der Waals surface area (Å²) >= 11 is 0. The lowest BCUT2D eigenvalue weighted by atomic mass is 10.1. The Morgan fingerprint density at radius 3 is 2.80 bits per heavy atom. The van der Waals surface area contributed by atoms with Crippen LogP contribution >= 0.6 is 0 Å². The summed E-state index contributed by atoms with van der Waals surface area (Å²) < 4.78 is 5.24. The molecule has 2 rings (SSSR count). The summed E-state index contributed by atoms with van der Waals surface area (Å²) in [5, 5.41) is 8.85. The summed E-state index contributed by atoms with van der Waals surface area (Å²) in [5.41, 5.74) is 3.00. The van der Waals surface area contributed by atoms with Crippen molar-refractivity contribution in [3.05, 3.63) is 53.2 Å². The number of aryl methyl sites for hydroxylation is 1. The highest BCUT2D eigenvalue weighted by Gasteiger charge is 2.05. The Kier molecular flexibility index (Phi) is 2.83. The molecule has 0 saturated heterocycles. The smallest absolute Gasteiger partial charge is 0.198 e. The van der Waals surface area contributed by atoms with Gasteiger partial charge in [0.15, 0.2) is 5.89 Å². The maximum absolute atomic E-state index is 8.85. The number of aliphatic hydroxyl groups is 1. The maximum Gasteiger partial charge on any atom is 0.198 e. The van der Waals surface area contributed by atoms with E-state index in [1.807, 2.05) is 12.1 Å². The first-order chi connectivity index (χ1) is 7.29. The Bertz CT molecular complexity index is 448. The van der Waals surface area contributed by atoms with E-state index in [0.717, 1.165) is 0 Å². The molecule has 0 fully saturated rings. The molecule has 1 aromatic heterocycles. The third kappa shape index (κ3) is 2.25. The SMILES string of the molecule is Cc1ccccc1Cc1nc(CO)co1. The molecule has 3 heteroatoms. The third-order valence-electron chi connectivity index (χ3n) is 2.36. The summed E-state index contributed by atoms with van der Waals surface area (Å²) in [5.74, 6) is 0.647. The molecule has 3 nitrogen and oxygen atoms in total. The molecule has 0 unspecified atom stereocenters. The van der Waals surface area contributed by atoms with Crippen LogP contribution in [0.3, 0.4) is 0 Å². The molecule has 78 valence electrons. The zero-order valence-corrected chi connectivity index (χ0v) is 8.60. The van der Waals surface area contributed by atoms with Gasteiger partial charge in [-0.3, -0.25) is 0 Å². The minimum Gasteiger partial charge on any atom is -0.448 e. The van der Waals surface area contributed by atoms with E-state index in [1.165, 1.54) is 17.4 Å². The van der Waals surface area contributed by atoms with Crippen LogP contribution in [0, 0.1) is 6.92 Å². The summed E-state index contributed by atoms with van der Waals surface area (Å²) in [6.45, 7) is 1.99. The van der Waals surface area contributed by atoms with E-state index in [-0.39, 0.29) is 6.61 Å². The average Bonchev–Trinajstić information content (AvgIpc) is 2.69. The fraction of sp³-hybridized carbons (Fsp3) is 0.250. The number of oxazole rings is 1. The molecule has 2 aromatic rings. The van der Waals surface area contributed by atoms with Gasteiger partial charge < -0.3 is 9.52 Å². The minimum atomic E-state index is -0.0722. The number of nitrogens with zero attached hydrogens (tertiary/aromatic N) is 1. The molecule has 1 aromatic carbocycles. The van der Waals surface area contributed by atoms with Crippen molar-refractivity contribution in [2.75, 3.05) is 0 Å². The number of aliphatic hydroxyl groups excluding tert-OH is 1. The first-order valence-electron chi connectivity index (χ1n) is 4.88. The molecule has 0 atom stereocenters. The molecule has 0 aliphatic carbocycles. The Morgan fingerprint density at radius 1 is 1.33 bits per heavy atom. The van der Waals surface area contributed by atoms with Gasteiger partial charge in [-0.1, -0.05) is 24.3 Å². The second kappa shape index (κ2) is 4.28. The van der Waals surface area contributed by atoms with Gasteiger partial charge in [-0.2, -0.15) is 0 Å². The molecule has 0 amide bonds. The maximum atomic E-state index is 8.85. The number of hydrogen-bond acceptors (Lipinski definition) is 3. The van der Waals surface area contributed by atoms with Crippen LogP contribution in [0.1, 0.15) is 22.7 Å². The van der Waals surface area contributed by atoms with Gasteiger partial charge in [0.1, 0.15) is 12.0 Å². The van der Waals surface area contributed by atoms with E-state index in [0.29, 0.717) is 18.0 Å². The zero-order valence-electron chi connectivity index (χ0n) is 8.60. The largest absolute Gasteiger partial charge is 0.448 e. The second-order valence-electron chi connectivity index (χ2n) is 3.49. The molecule has 0 spiro atoms. The third-order valence-corrected chi connectivity index (χ3v) is 2.36. The van der Waals surface area contributed by atoms with Crippen molar-refractivity contribution in [3.63, 3.8) is 0 Å². The first-order valence-corrected chi connectivity index (χ1v) is 4.88. The molecule has 0 aliphatic rings. The number of aromatic nitrogens is 1. The highest BCUT2D eigenvalue weighted by atomic mass is 16.3. The van der Waals surface area contributed by atoms with Crippen LogP contribution in [-0.2, 0) is 13.0 Å². The van der Waals surface area contributed by atoms with Crippen LogP contribution in [0.25, 0.3) is 0 Å². The summed E-state index contributed by atoms with van der Waals surface area (Å²) in [6.07, 6.45) is 2.17. The lowest BCUT2D eigenvalue weighted by Crippen LogP contribution is -1.92. The standard InChI is InChI=1S/C12H13NO2/c1-9-4-2-3-5-10(9)6-12-13-11(7-14)8-15-12/h2-5,8,14H,6-7H2,1H3. The van der Waals surface area contributed by atoms with E-state index >= 15 is 0 Å². The predicted molar refractivity (Wildman–Crippen MR) is 56.4 cm³/mol. The van der Waals surface area contributed by atoms with E-state index < -0.39 is 0 Å². The van der Waals surface area contributed by atoms with Crippen molar-refractivity contribution in [1.29, 1.82) is 0 Å². The van der Waals surface area contributed by atoms with Gasteiger partial charge in [-0.15, -0.1) is 0 Å². The van der Waals surface area contributed by atoms with Crippen molar-refractivity contribution in [3.8, 4) is 0 Å². The average molecular weight is 203 g/mol. The summed E-state index contributed by atoms with van der Waals surface area (Å²) in [6, 6.07) is 8.12. The van der Waals surface area contributed by atoms with E-state index in [2.05, 4.69) is 24.0 Å². The van der Waals surface area contributed by atoms with Gasteiger partial charge >= 0.3 is 0 Å². The summed E-state index contributed by atoms with van der Waals surface area (Å²) in [7, 11) is 0. The van der Waals surface area contributed by atoms with Crippen LogP contribution < -0.4 is 0 Å². The van der Waals surface area contributed by atoms with Gasteiger partial charge in [0, 0.05) is 6.42 Å². The topological polar surface area (TPSA) is 46.3 Å². The highest BCUT2D eigenvalue weighted by Crippen LogP contribution is 2.13. The minimum absolute atomic E-state index is 0.0722. The van der Waals surface area contributed by atoms with Gasteiger partial charge in [-0.25, -0.2) is 4.98 Å². The molecule has 1 N–H and O–H groups in total. The van der Waals surface area contributed by atoms with E-state index in [4.69, 9.17) is 9.52 Å². The van der Waals surface area contributed by atoms with Gasteiger partial charge in [0.05, 0.1) is 6.61 Å². The van der Waals surface area contributed by atoms with Crippen LogP contribution in [0.2, 0.25) is 0 Å². The Balaban J connectivity index is 2.18. The lowest BCUT2D eigenvalue weighted by Gasteiger charge is -2.01. The Hall–Kier alpha value is -1.61. The normalized spacial score (nSPS) is 10.5. The van der Waals surface area contributed by atoms with Crippen LogP contribution in [-0.4, -0.2) is 10.1 Å². The van der Waals surface area contributed by atoms with Crippen molar-refractivity contribution in [2.24, 2.45) is 0 Å². The molecule has 0 aliphatic heterocycles. The predicted octanol–water partition coefficient (Wildman–Crippen LogP) is 2.07. The van der Waals surface area contributed by atoms with Crippen LogP contribution in [0.5, 0.6) is 0 Å². The zero-order chi connectivity index (χ0) is 10.7. The van der Waals surface area contributed by atoms with Crippen molar-refractivity contribution in [2.45, 2.75) is 20.0 Å². The van der Waals surface area contributed by atoms with Crippen molar-refractivity contribution in [1.82, 2.24) is 4.98 Å². The summed E-state index contributed by atoms with van der Waals surface area (Å²) in [4.78, 5) is 4.15. The monoisotopic (exact) mass is 203 g/mol. The van der Waals surface area contributed by atoms with Crippen LogP contribution in [0.15, 0.2) is 34.9 Å². The molecule has 0 saturated carbocycles. The Labute approximate surface area is 88.4 Å². The van der Waals surface area contributed by atoms with Crippen molar-refractivity contribution < 1.29 is 9.52 Å². The fourth-order valence-electron chi connectivity index (χ4n) is 1.47. The van der Waals surface area contributed by atoms with E-state index in [9.17, 15) is 0 Å². The molecular formula is C12H13NO2. The number of hydrogen-bond donors (Lipinski definition) is 1. The van der Waals surface area contributed by atoms with Gasteiger partial charge in [-0.05, 0) is 18.1 Å². The highest BCUT2D eigenvalue weighted by molar-refractivity contribution is 5.27. The molecule has 0 bridgehead atoms. The van der Waals surface area contributed by atoms with Gasteiger partial charge in [0.25, 0.3) is 0 Å². The number of benzene rings is 1. The molecular weight excluding hydrogens is 190 g/mol. The Morgan fingerprint density at radius 2 is 2.13 bits per heavy atom. The molecule has 15 heavy (non-hydrogen) atoms. The van der Waals surface area contributed by atoms with Crippen molar-refractivity contribution >= 4 is 0 Å². The quantitative estimate of drug-likeness (QED) is 0.830. The molecule has 1 heterocycles. The fourth-order valence-corrected chi connectivity index (χ4v) is 1.47.